The van der Waals surface area contributed by atoms with Gasteiger partial charge < -0.3 is 50.1 Å². The first-order valence-corrected chi connectivity index (χ1v) is 56.8. The number of thioether (sulfide) groups is 1. The first-order valence-electron chi connectivity index (χ1n) is 45.6. The quantitative estimate of drug-likeness (QED) is 0.0235. The Balaban J connectivity index is 0.000000145. The highest BCUT2D eigenvalue weighted by Crippen LogP contribution is 2.38. The third kappa shape index (κ3) is 30.9. The lowest BCUT2D eigenvalue weighted by molar-refractivity contribution is -0.148. The van der Waals surface area contributed by atoms with Crippen molar-refractivity contribution < 1.29 is 203 Å². The molecule has 144 heavy (non-hydrogen) atoms. The second-order valence-corrected chi connectivity index (χ2v) is 45.3. The van der Waals surface area contributed by atoms with E-state index in [1.807, 2.05) is 11.8 Å². The van der Waals surface area contributed by atoms with Crippen LogP contribution < -0.4 is 48.8 Å². The third-order valence-corrected chi connectivity index (χ3v) is 30.7. The Bertz CT molecular complexity index is 5070. The average Bonchev–Trinajstić information content (AvgIpc) is 1.66. The number of piperidine rings is 8. The highest BCUT2D eigenvalue weighted by atomic mass is 32.3. The fourth-order valence-electron chi connectivity index (χ4n) is 18.6. The third-order valence-electron chi connectivity index (χ3n) is 25.9. The Kier molecular flexibility index (Phi) is 37.9. The molecular formula is C70H113N21O45S8. The summed E-state index contributed by atoms with van der Waals surface area (Å²) in [6.07, 6.45) is 10.3. The van der Waals surface area contributed by atoms with Gasteiger partial charge in [0, 0.05) is 72.1 Å². The fraction of sp³-hybridized carbons (Fsp3) is 0.829. The van der Waals surface area contributed by atoms with Gasteiger partial charge in [-0.1, -0.05) is 0 Å². The maximum atomic E-state index is 12.3. The van der Waals surface area contributed by atoms with Crippen molar-refractivity contribution in [2.24, 2.45) is 0 Å². The molecule has 0 aromatic carbocycles. The molecule has 18 fully saturated rings. The van der Waals surface area contributed by atoms with E-state index in [-0.39, 0.29) is 101 Å². The number of carbonyl (C=O) groups is 12. The molecule has 0 aromatic rings. The van der Waals surface area contributed by atoms with Crippen LogP contribution in [0.25, 0.3) is 0 Å². The van der Waals surface area contributed by atoms with Gasteiger partial charge in [0.05, 0.1) is 78.3 Å². The number of sulfone groups is 1. The van der Waals surface area contributed by atoms with Gasteiger partial charge in [0.2, 0.25) is 0 Å². The topological polar surface area (TPSA) is 832 Å². The van der Waals surface area contributed by atoms with E-state index in [0.29, 0.717) is 147 Å². The van der Waals surface area contributed by atoms with Crippen LogP contribution in [0.4, 0.5) is 28.8 Å². The maximum Gasteiger partial charge on any atom is 0.418 e. The molecule has 66 nitrogen and oxygen atoms in total. The molecule has 13 atom stereocenters. The predicted molar refractivity (Wildman–Crippen MR) is 470 cm³/mol. The number of amides is 18. The number of nitrogens with zero attached hydrogens (tertiary/aromatic N) is 12. The lowest BCUT2D eigenvalue weighted by Gasteiger charge is -2.31. The molecular weight excluding hydrogens is 2110 g/mol. The van der Waals surface area contributed by atoms with E-state index in [1.54, 1.807) is 0 Å². The van der Waals surface area contributed by atoms with E-state index in [1.165, 1.54) is 24.5 Å². The number of rotatable bonds is 30. The molecule has 816 valence electrons. The van der Waals surface area contributed by atoms with E-state index < -0.39 is 222 Å². The largest absolute Gasteiger partial charge is 0.418 e. The van der Waals surface area contributed by atoms with Gasteiger partial charge in [-0.05, 0) is 172 Å². The molecule has 18 aliphatic heterocycles. The summed E-state index contributed by atoms with van der Waals surface area (Å²) in [7, 11) is -31.9. The van der Waals surface area contributed by atoms with Crippen LogP contribution in [0.1, 0.15) is 141 Å². The van der Waals surface area contributed by atoms with Gasteiger partial charge in [-0.3, -0.25) is 85.1 Å². The van der Waals surface area contributed by atoms with Crippen molar-refractivity contribution in [2.75, 3.05) is 115 Å². The minimum absolute atomic E-state index is 0.00874. The van der Waals surface area contributed by atoms with Crippen LogP contribution in [-0.4, -0.2) is 442 Å². The molecule has 0 spiro atoms. The van der Waals surface area contributed by atoms with Crippen LogP contribution in [0.5, 0.6) is 0 Å². The van der Waals surface area contributed by atoms with Crippen LogP contribution in [-0.2, 0) is 160 Å². The standard InChI is InChI=1S/2C12H20N4O7S.C12H19N3O9S2.C12H19N3O8S.C12H19N3O7S2.C10H16N4O7S/c17-11(14-22-9-3-5-13-6-4-9)10-2-1-8-7-15(10)12(18)16(8)23-24(19,20)21;17-11(14-22-9-2-1-5-13-6-9)10-4-3-8-7-15(10)12(18)16(8)23-24(19,20)21;16-11(13-23-9-3-5-25(18,19)6-4-9)10-2-1-8-7-14(10)12(17)15(8)24-26(20,21)22;16-11(13-22-9-3-5-21-6-4-9)10-2-1-8-7-14(10)12(17)15(8)23-24(18,19)20;16-11(13-21-9-3-5-23-6-4-9)10-2-1-8-7-14(10)12(17)15(8)22-24(18,19)20;15-9(12-20-7-3-11-4-7)8-2-1-6-5-13(8)10(16)14(6)21-22(17,18)19/h2*8-10,13H,1-7H2,(H,14,17)(H,19,20,21);8-10H,1-7H2,(H,13,16)(H,20,21,22);2*8-10H,1-7H2,(H,13,16)(H,18,19,20);6-8,11H,1-5H2,(H,12,15)(H,17,18,19)/t8-,10+;8-,9?,10+;3*8-,10+;6-,8+/m111111/s1. The van der Waals surface area contributed by atoms with Crippen molar-refractivity contribution in [3.8, 4) is 0 Å². The van der Waals surface area contributed by atoms with Crippen LogP contribution >= 0.6 is 11.8 Å². The van der Waals surface area contributed by atoms with Crippen molar-refractivity contribution in [1.82, 2.24) is 109 Å². The number of nitrogens with one attached hydrogen (secondary N) is 9. The fourth-order valence-corrected chi connectivity index (χ4v) is 23.5. The minimum atomic E-state index is -4.85. The molecule has 74 heteroatoms. The van der Waals surface area contributed by atoms with Crippen molar-refractivity contribution >= 4 is 156 Å². The number of hydrogen-bond acceptors (Lipinski definition) is 43. The summed E-state index contributed by atoms with van der Waals surface area (Å²) in [6.45, 7) is 6.46. The minimum Gasteiger partial charge on any atom is -0.381 e. The number of hydrogen-bond donors (Lipinski definition) is 15. The molecule has 1 unspecified atom stereocenters. The Morgan fingerprint density at radius 1 is 0.292 bits per heavy atom. The lowest BCUT2D eigenvalue weighted by atomic mass is 10.0. The first-order chi connectivity index (χ1) is 67.8. The summed E-state index contributed by atoms with van der Waals surface area (Å²) in [5.74, 6) is -0.913. The predicted octanol–water partition coefficient (Wildman–Crippen LogP) is -6.65. The first kappa shape index (κ1) is 113. The van der Waals surface area contributed by atoms with E-state index in [4.69, 9.17) is 61.1 Å². The van der Waals surface area contributed by atoms with Crippen LogP contribution in [0.2, 0.25) is 0 Å². The summed E-state index contributed by atoms with van der Waals surface area (Å²) in [5, 5.41) is 12.9. The summed E-state index contributed by atoms with van der Waals surface area (Å²) >= 11 is 1.84. The van der Waals surface area contributed by atoms with Crippen LogP contribution in [0, 0.1) is 0 Å². The summed E-state index contributed by atoms with van der Waals surface area (Å²) in [5.41, 5.74) is 14.2. The lowest BCUT2D eigenvalue weighted by Crippen LogP contribution is -2.55. The van der Waals surface area contributed by atoms with Crippen molar-refractivity contribution in [1.29, 1.82) is 0 Å². The van der Waals surface area contributed by atoms with E-state index in [0.717, 1.165) is 74.6 Å². The Hall–Kier alpha value is -8.44. The zero-order chi connectivity index (χ0) is 104. The Labute approximate surface area is 828 Å². The van der Waals surface area contributed by atoms with Crippen molar-refractivity contribution in [3.05, 3.63) is 0 Å². The van der Waals surface area contributed by atoms with E-state index in [2.05, 4.69) is 74.5 Å². The van der Waals surface area contributed by atoms with Gasteiger partial charge in [0.1, 0.15) is 42.4 Å². The van der Waals surface area contributed by atoms with Crippen LogP contribution in [0.3, 0.4) is 0 Å². The highest BCUT2D eigenvalue weighted by molar-refractivity contribution is 7.99. The Morgan fingerprint density at radius 3 is 0.771 bits per heavy atom. The monoisotopic (exact) mass is 2220 g/mol. The number of urea groups is 6. The van der Waals surface area contributed by atoms with Gasteiger partial charge in [0.25, 0.3) is 35.4 Å². The van der Waals surface area contributed by atoms with Crippen molar-refractivity contribution in [2.45, 2.75) is 250 Å². The van der Waals surface area contributed by atoms with Crippen LogP contribution in [0.15, 0.2) is 0 Å². The molecule has 18 rings (SSSR count). The smallest absolute Gasteiger partial charge is 0.381 e. The molecule has 0 saturated carbocycles. The number of ether oxygens (including phenoxy) is 1. The molecule has 12 bridgehead atoms. The van der Waals surface area contributed by atoms with Gasteiger partial charge in [-0.25, -0.2) is 70.1 Å². The summed E-state index contributed by atoms with van der Waals surface area (Å²) < 4.78 is 236. The molecule has 0 radical (unpaired) electrons. The van der Waals surface area contributed by atoms with E-state index in [9.17, 15) is 116 Å². The zero-order valence-corrected chi connectivity index (χ0v) is 82.9. The normalized spacial score (nSPS) is 28.9. The number of carbonyl (C=O) groups excluding carboxylic acids is 12. The number of hydroxylamine groups is 18. The van der Waals surface area contributed by atoms with Gasteiger partial charge in [-0.15, -0.1) is 25.7 Å². The number of fused-ring (bicyclic) bond motifs is 12. The summed E-state index contributed by atoms with van der Waals surface area (Å²) in [4.78, 5) is 186. The highest BCUT2D eigenvalue weighted by Gasteiger charge is 2.57. The molecule has 18 amide bonds. The second kappa shape index (κ2) is 48.5. The SMILES string of the molecule is O=C(NOC1CCCNC1)[C@@H]1CC[C@@H]2CN1C(=O)N2OS(=O)(=O)O.O=C(NOC1CCNCC1)[C@@H]1CC[C@@H]2CN1C(=O)N2OS(=O)(=O)O.O=C(NOC1CCOCC1)[C@@H]1CC[C@@H]2CN1C(=O)N2OS(=O)(=O)O.O=C(NOC1CCS(=O)(=O)CC1)[C@@H]1CC[C@@H]2CN1C(=O)N2OS(=O)(=O)O.O=C(NOC1CCSCC1)[C@@H]1CC[C@@H]2CN1C(=O)N2OS(=O)(=O)O.O=C(NOC1CNC1)[C@@H]1CC[C@@H]2CN1C(=O)N2OS(=O)(=O)O. The van der Waals surface area contributed by atoms with E-state index >= 15 is 0 Å². The van der Waals surface area contributed by atoms with Crippen molar-refractivity contribution in [3.63, 3.8) is 0 Å². The molecule has 18 saturated heterocycles. The summed E-state index contributed by atoms with van der Waals surface area (Å²) in [6, 6.07) is -12.5. The molecule has 15 N–H and O–H groups in total. The Morgan fingerprint density at radius 2 is 0.528 bits per heavy atom. The second-order valence-electron chi connectivity index (χ2n) is 35.7. The molecule has 0 aromatic heterocycles. The maximum absolute atomic E-state index is 12.3. The molecule has 18 heterocycles. The average molecular weight is 2230 g/mol. The molecule has 18 aliphatic rings. The van der Waals surface area contributed by atoms with Gasteiger partial charge in [-0.2, -0.15) is 92.6 Å². The zero-order valence-electron chi connectivity index (χ0n) is 76.4. The molecule has 0 aliphatic carbocycles. The van der Waals surface area contributed by atoms with Gasteiger partial charge in [0.15, 0.2) is 9.84 Å². The van der Waals surface area contributed by atoms with Gasteiger partial charge >= 0.3 is 98.6 Å².